The van der Waals surface area contributed by atoms with Crippen LogP contribution in [0.25, 0.3) is 0 Å². The van der Waals surface area contributed by atoms with Gasteiger partial charge in [0.15, 0.2) is 0 Å². The molecule has 92 valence electrons. The molecule has 2 nitrogen and oxygen atoms in total. The molecule has 3 atom stereocenters. The summed E-state index contributed by atoms with van der Waals surface area (Å²) in [6.07, 6.45) is 4.41. The number of hydrogen-bond acceptors (Lipinski definition) is 2. The molecule has 0 spiro atoms. The van der Waals surface area contributed by atoms with Crippen molar-refractivity contribution in [1.29, 1.82) is 0 Å². The number of methoxy groups -OCH3 is 1. The highest BCUT2D eigenvalue weighted by Crippen LogP contribution is 2.68. The van der Waals surface area contributed by atoms with E-state index in [1.54, 1.807) is 7.11 Å². The van der Waals surface area contributed by atoms with Gasteiger partial charge >= 0.3 is 0 Å². The van der Waals surface area contributed by atoms with E-state index >= 15 is 0 Å². The maximum absolute atomic E-state index is 12.7. The molecule has 3 rings (SSSR count). The smallest absolute Gasteiger partial charge is 0.119 e. The first kappa shape index (κ1) is 11.3. The molecule has 0 amide bonds. The maximum atomic E-state index is 12.7. The average Bonchev–Trinajstić information content (AvgIpc) is 2.65. The Labute approximate surface area is 103 Å². The molecule has 3 heteroatoms. The van der Waals surface area contributed by atoms with Gasteiger partial charge in [-0.3, -0.25) is 0 Å². The fourth-order valence-electron chi connectivity index (χ4n) is 3.57. The van der Waals surface area contributed by atoms with E-state index in [2.05, 4.69) is 12.1 Å². The zero-order valence-electron chi connectivity index (χ0n) is 10.5. The summed E-state index contributed by atoms with van der Waals surface area (Å²) in [4.78, 5) is 0. The van der Waals surface area contributed by atoms with Gasteiger partial charge in [-0.15, -0.1) is 0 Å². The van der Waals surface area contributed by atoms with Gasteiger partial charge in [0.1, 0.15) is 5.75 Å². The van der Waals surface area contributed by atoms with Crippen molar-refractivity contribution >= 4 is 7.14 Å². The fourth-order valence-corrected chi connectivity index (χ4v) is 6.72. The predicted molar refractivity (Wildman–Crippen MR) is 70.6 cm³/mol. The van der Waals surface area contributed by atoms with E-state index in [1.807, 2.05) is 12.7 Å². The van der Waals surface area contributed by atoms with Crippen molar-refractivity contribution in [3.05, 3.63) is 29.3 Å². The highest BCUT2D eigenvalue weighted by Gasteiger charge is 2.44. The normalized spacial score (nSPS) is 35.2. The lowest BCUT2D eigenvalue weighted by atomic mass is 9.82. The van der Waals surface area contributed by atoms with Crippen molar-refractivity contribution in [1.82, 2.24) is 0 Å². The largest absolute Gasteiger partial charge is 0.497 e. The Kier molecular flexibility index (Phi) is 2.59. The lowest BCUT2D eigenvalue weighted by molar-refractivity contribution is 0.410. The van der Waals surface area contributed by atoms with Crippen LogP contribution in [-0.4, -0.2) is 19.9 Å². The molecule has 0 saturated carbocycles. The Hall–Kier alpha value is -0.750. The third-order valence-electron chi connectivity index (χ3n) is 4.43. The standard InChI is InChI=1S/C14H19O2P/c1-16-12-5-6-13-11(9-12)4-3-10-7-8-17(2,15)14(10)13/h5-6,9-10,14H,3-4,7-8H2,1-2H3/t10-,14+,17+/m0/s1. The molecule has 1 aliphatic carbocycles. The van der Waals surface area contributed by atoms with Crippen LogP contribution in [0.2, 0.25) is 0 Å². The Bertz CT molecular complexity index is 495. The van der Waals surface area contributed by atoms with Crippen molar-refractivity contribution in [2.45, 2.75) is 24.9 Å². The summed E-state index contributed by atoms with van der Waals surface area (Å²) in [7, 11) is -0.269. The molecule has 0 radical (unpaired) electrons. The highest BCUT2D eigenvalue weighted by atomic mass is 31.2. The van der Waals surface area contributed by atoms with Crippen LogP contribution in [0, 0.1) is 5.92 Å². The third kappa shape index (κ3) is 1.74. The van der Waals surface area contributed by atoms with Gasteiger partial charge in [-0.1, -0.05) is 6.07 Å². The first-order chi connectivity index (χ1) is 8.12. The minimum atomic E-state index is -1.97. The maximum Gasteiger partial charge on any atom is 0.119 e. The number of fused-ring (bicyclic) bond motifs is 3. The van der Waals surface area contributed by atoms with Gasteiger partial charge in [-0.05, 0) is 55.1 Å². The number of aryl methyl sites for hydroxylation is 1. The van der Waals surface area contributed by atoms with Gasteiger partial charge in [-0.2, -0.15) is 0 Å². The summed E-state index contributed by atoms with van der Waals surface area (Å²) in [5, 5.41) is 0. The Morgan fingerprint density at radius 3 is 2.94 bits per heavy atom. The SMILES string of the molecule is COc1ccc2c(c1)CC[C@H]1CC[P@@](C)(=O)[C@@H]21. The van der Waals surface area contributed by atoms with Gasteiger partial charge in [0.05, 0.1) is 14.3 Å². The van der Waals surface area contributed by atoms with Gasteiger partial charge in [-0.25, -0.2) is 0 Å². The number of hydrogen-bond donors (Lipinski definition) is 0. The average molecular weight is 250 g/mol. The van der Waals surface area contributed by atoms with E-state index < -0.39 is 7.14 Å². The molecule has 17 heavy (non-hydrogen) atoms. The molecule has 2 aliphatic rings. The molecular weight excluding hydrogens is 231 g/mol. The number of ether oxygens (including phenoxy) is 1. The quantitative estimate of drug-likeness (QED) is 0.710. The van der Waals surface area contributed by atoms with Gasteiger partial charge < -0.3 is 9.30 Å². The van der Waals surface area contributed by atoms with E-state index in [4.69, 9.17) is 4.74 Å². The van der Waals surface area contributed by atoms with Crippen molar-refractivity contribution in [3.8, 4) is 5.75 Å². The van der Waals surface area contributed by atoms with Crippen LogP contribution in [0.3, 0.4) is 0 Å². The molecule has 1 saturated heterocycles. The second-order valence-electron chi connectivity index (χ2n) is 5.49. The van der Waals surface area contributed by atoms with Crippen molar-refractivity contribution in [2.24, 2.45) is 5.92 Å². The van der Waals surface area contributed by atoms with Crippen molar-refractivity contribution < 1.29 is 9.30 Å². The Balaban J connectivity index is 2.08. The minimum Gasteiger partial charge on any atom is -0.497 e. The molecule has 0 aromatic heterocycles. The van der Waals surface area contributed by atoms with Crippen molar-refractivity contribution in [2.75, 3.05) is 19.9 Å². The number of benzene rings is 1. The molecule has 0 unspecified atom stereocenters. The summed E-state index contributed by atoms with van der Waals surface area (Å²) >= 11 is 0. The van der Waals surface area contributed by atoms with E-state index in [9.17, 15) is 4.57 Å². The van der Waals surface area contributed by atoms with E-state index in [-0.39, 0.29) is 0 Å². The van der Waals surface area contributed by atoms with Gasteiger partial charge in [0.2, 0.25) is 0 Å². The van der Waals surface area contributed by atoms with Gasteiger partial charge in [0, 0.05) is 11.8 Å². The highest BCUT2D eigenvalue weighted by molar-refractivity contribution is 7.63. The molecule has 1 fully saturated rings. The van der Waals surface area contributed by atoms with E-state index in [0.717, 1.165) is 24.8 Å². The van der Waals surface area contributed by atoms with Crippen LogP contribution in [0.1, 0.15) is 29.6 Å². The minimum absolute atomic E-state index is 0.331. The van der Waals surface area contributed by atoms with Crippen LogP contribution in [0.5, 0.6) is 5.75 Å². The molecule has 1 aromatic rings. The van der Waals surface area contributed by atoms with Crippen LogP contribution < -0.4 is 4.74 Å². The molecule has 0 bridgehead atoms. The second kappa shape index (κ2) is 3.88. The lowest BCUT2D eigenvalue weighted by Gasteiger charge is -2.30. The van der Waals surface area contributed by atoms with Crippen LogP contribution >= 0.6 is 7.14 Å². The van der Waals surface area contributed by atoms with Gasteiger partial charge in [0.25, 0.3) is 0 Å². The Morgan fingerprint density at radius 2 is 2.18 bits per heavy atom. The predicted octanol–water partition coefficient (Wildman–Crippen LogP) is 3.70. The molecular formula is C14H19O2P. The number of rotatable bonds is 1. The third-order valence-corrected chi connectivity index (χ3v) is 7.45. The first-order valence-electron chi connectivity index (χ1n) is 6.35. The summed E-state index contributed by atoms with van der Waals surface area (Å²) in [6.45, 7) is 2.00. The monoisotopic (exact) mass is 250 g/mol. The molecule has 1 aliphatic heterocycles. The molecule has 1 aromatic carbocycles. The lowest BCUT2D eigenvalue weighted by Crippen LogP contribution is -2.15. The topological polar surface area (TPSA) is 26.3 Å². The molecule has 0 N–H and O–H groups in total. The summed E-state index contributed by atoms with van der Waals surface area (Å²) < 4.78 is 17.9. The zero-order valence-corrected chi connectivity index (χ0v) is 11.4. The van der Waals surface area contributed by atoms with Crippen LogP contribution in [0.4, 0.5) is 0 Å². The zero-order chi connectivity index (χ0) is 12.0. The Morgan fingerprint density at radius 1 is 1.35 bits per heavy atom. The summed E-state index contributed by atoms with van der Waals surface area (Å²) in [5.41, 5.74) is 3.03. The summed E-state index contributed by atoms with van der Waals surface area (Å²) in [6, 6.07) is 6.29. The van der Waals surface area contributed by atoms with E-state index in [0.29, 0.717) is 11.6 Å². The van der Waals surface area contributed by atoms with Crippen LogP contribution in [0.15, 0.2) is 18.2 Å². The first-order valence-corrected chi connectivity index (χ1v) is 8.76. The second-order valence-corrected chi connectivity index (χ2v) is 8.85. The molecule has 1 heterocycles. The van der Waals surface area contributed by atoms with E-state index in [1.165, 1.54) is 17.5 Å². The van der Waals surface area contributed by atoms with Crippen LogP contribution in [-0.2, 0) is 11.0 Å². The fraction of sp³-hybridized carbons (Fsp3) is 0.571. The summed E-state index contributed by atoms with van der Waals surface area (Å²) in [5.74, 6) is 1.58. The van der Waals surface area contributed by atoms with Crippen molar-refractivity contribution in [3.63, 3.8) is 0 Å².